The number of methoxy groups -OCH3 is 1. The summed E-state index contributed by atoms with van der Waals surface area (Å²) in [7, 11) is 3.40. The molecule has 3 aromatic rings. The van der Waals surface area contributed by atoms with Gasteiger partial charge in [-0.3, -0.25) is 14.4 Å². The van der Waals surface area contributed by atoms with Crippen molar-refractivity contribution in [3.63, 3.8) is 0 Å². The predicted molar refractivity (Wildman–Crippen MR) is 124 cm³/mol. The zero-order valence-corrected chi connectivity index (χ0v) is 19.3. The summed E-state index contributed by atoms with van der Waals surface area (Å²) < 4.78 is 26.5. The number of nitrogens with zero attached hydrogens (tertiary/aromatic N) is 6. The first kappa shape index (κ1) is 22.6. The van der Waals surface area contributed by atoms with Crippen LogP contribution in [0.25, 0.3) is 10.9 Å². The van der Waals surface area contributed by atoms with Crippen molar-refractivity contribution in [2.45, 2.75) is 6.10 Å². The molecule has 1 N–H and O–H groups in total. The fourth-order valence-corrected chi connectivity index (χ4v) is 4.39. The van der Waals surface area contributed by atoms with Crippen LogP contribution in [0.1, 0.15) is 10.5 Å². The number of amides is 1. The largest absolute Gasteiger partial charge is 0.382 e. The smallest absolute Gasteiger partial charge is 0.275 e. The number of hydrogen-bond donors (Lipinski definition) is 1. The normalized spacial score (nSPS) is 17.1. The van der Waals surface area contributed by atoms with Crippen molar-refractivity contribution in [3.8, 4) is 0 Å². The number of anilines is 2. The zero-order chi connectivity index (χ0) is 23.7. The number of likely N-dealkylation sites (tertiary alicyclic amines) is 1. The van der Waals surface area contributed by atoms with Crippen LogP contribution >= 0.6 is 0 Å². The summed E-state index contributed by atoms with van der Waals surface area (Å²) in [5, 5.41) is 7.36. The third kappa shape index (κ3) is 4.86. The first-order chi connectivity index (χ1) is 16.5. The molecule has 180 valence electrons. The van der Waals surface area contributed by atoms with Crippen molar-refractivity contribution in [2.24, 2.45) is 13.0 Å². The second-order valence-corrected chi connectivity index (χ2v) is 8.89. The van der Waals surface area contributed by atoms with Crippen LogP contribution in [0.2, 0.25) is 0 Å². The molecule has 0 bridgehead atoms. The minimum absolute atomic E-state index is 0.174. The van der Waals surface area contributed by atoms with Crippen molar-refractivity contribution in [2.75, 3.05) is 63.3 Å². The molecule has 10 nitrogen and oxygen atoms in total. The molecule has 0 unspecified atom stereocenters. The molecule has 2 aliphatic heterocycles. The quantitative estimate of drug-likeness (QED) is 0.472. The summed E-state index contributed by atoms with van der Waals surface area (Å²) in [5.74, 6) is 0.403. The maximum absolute atomic E-state index is 14.2. The lowest BCUT2D eigenvalue weighted by molar-refractivity contribution is -0.0720. The van der Waals surface area contributed by atoms with E-state index in [0.717, 1.165) is 38.5 Å². The molecule has 1 amide bonds. The van der Waals surface area contributed by atoms with E-state index in [1.54, 1.807) is 32.6 Å². The Morgan fingerprint density at radius 3 is 2.74 bits per heavy atom. The van der Waals surface area contributed by atoms with Gasteiger partial charge in [-0.1, -0.05) is 0 Å². The average molecular weight is 470 g/mol. The van der Waals surface area contributed by atoms with E-state index in [9.17, 15) is 9.18 Å². The van der Waals surface area contributed by atoms with Gasteiger partial charge in [0.2, 0.25) is 0 Å². The van der Waals surface area contributed by atoms with Crippen LogP contribution in [0.5, 0.6) is 0 Å². The first-order valence-electron chi connectivity index (χ1n) is 11.3. The Labute approximate surface area is 196 Å². The lowest BCUT2D eigenvalue weighted by atomic mass is 9.97. The number of nitrogens with one attached hydrogen (secondary N) is 1. The van der Waals surface area contributed by atoms with Crippen LogP contribution in [0.3, 0.4) is 0 Å². The summed E-state index contributed by atoms with van der Waals surface area (Å²) in [6.07, 6.45) is 5.08. The fourth-order valence-electron chi connectivity index (χ4n) is 4.39. The van der Waals surface area contributed by atoms with Crippen molar-refractivity contribution in [3.05, 3.63) is 42.2 Å². The van der Waals surface area contributed by atoms with Crippen molar-refractivity contribution >= 4 is 28.3 Å². The lowest BCUT2D eigenvalue weighted by Crippen LogP contribution is -2.59. The van der Waals surface area contributed by atoms with Gasteiger partial charge >= 0.3 is 0 Å². The Hall–Kier alpha value is -3.15. The number of hydrogen-bond acceptors (Lipinski definition) is 8. The van der Waals surface area contributed by atoms with Gasteiger partial charge in [0.05, 0.1) is 31.7 Å². The molecule has 0 radical (unpaired) electrons. The number of benzene rings is 1. The number of ether oxygens (including phenoxy) is 2. The number of carbonyl (C=O) groups excluding carboxylic acids is 1. The van der Waals surface area contributed by atoms with Crippen molar-refractivity contribution in [1.29, 1.82) is 0 Å². The van der Waals surface area contributed by atoms with Crippen LogP contribution in [-0.4, -0.2) is 89.7 Å². The summed E-state index contributed by atoms with van der Waals surface area (Å²) in [6, 6.07) is 2.93. The van der Waals surface area contributed by atoms with Gasteiger partial charge in [-0.05, 0) is 12.1 Å². The molecule has 2 aromatic heterocycles. The summed E-state index contributed by atoms with van der Waals surface area (Å²) in [6.45, 7) is 6.10. The van der Waals surface area contributed by atoms with E-state index in [4.69, 9.17) is 9.47 Å². The molecule has 0 atom stereocenters. The van der Waals surface area contributed by atoms with Gasteiger partial charge in [-0.25, -0.2) is 14.4 Å². The van der Waals surface area contributed by atoms with Gasteiger partial charge in [0.25, 0.3) is 5.91 Å². The summed E-state index contributed by atoms with van der Waals surface area (Å²) >= 11 is 0. The van der Waals surface area contributed by atoms with E-state index < -0.39 is 11.7 Å². The van der Waals surface area contributed by atoms with E-state index in [-0.39, 0.29) is 11.2 Å². The molecule has 0 aliphatic carbocycles. The van der Waals surface area contributed by atoms with E-state index >= 15 is 0 Å². The summed E-state index contributed by atoms with van der Waals surface area (Å²) in [5.41, 5.74) is 0.784. The van der Waals surface area contributed by atoms with Gasteiger partial charge in [-0.15, -0.1) is 0 Å². The topological polar surface area (TPSA) is 97.6 Å². The molecule has 1 aromatic carbocycles. The SMILES string of the molecule is COCCOC1CN(CC2CN(c3cnc(C(=O)Nc4cc(F)c5nn(C)cc5c4)cn3)C2)C1. The molecule has 2 saturated heterocycles. The lowest BCUT2D eigenvalue weighted by Gasteiger charge is -2.46. The zero-order valence-electron chi connectivity index (χ0n) is 19.3. The molecule has 0 spiro atoms. The molecular weight excluding hydrogens is 441 g/mol. The van der Waals surface area contributed by atoms with Gasteiger partial charge in [0.15, 0.2) is 5.82 Å². The highest BCUT2D eigenvalue weighted by Crippen LogP contribution is 2.25. The summed E-state index contributed by atoms with van der Waals surface area (Å²) in [4.78, 5) is 25.8. The number of rotatable bonds is 9. The maximum atomic E-state index is 14.2. The molecule has 11 heteroatoms. The highest BCUT2D eigenvalue weighted by Gasteiger charge is 2.34. The highest BCUT2D eigenvalue weighted by molar-refractivity contribution is 6.03. The number of aryl methyl sites for hydroxylation is 1. The number of halogens is 1. The molecule has 0 saturated carbocycles. The van der Waals surface area contributed by atoms with E-state index in [1.807, 2.05) is 0 Å². The minimum atomic E-state index is -0.491. The van der Waals surface area contributed by atoms with Crippen LogP contribution < -0.4 is 10.2 Å². The van der Waals surface area contributed by atoms with Crippen LogP contribution in [0.15, 0.2) is 30.7 Å². The Kier molecular flexibility index (Phi) is 6.40. The molecule has 2 aliphatic rings. The fraction of sp³-hybridized carbons (Fsp3) is 0.478. The van der Waals surface area contributed by atoms with Gasteiger partial charge in [0, 0.05) is 70.1 Å². The second kappa shape index (κ2) is 9.61. The monoisotopic (exact) mass is 469 g/mol. The maximum Gasteiger partial charge on any atom is 0.275 e. The number of aromatic nitrogens is 4. The molecule has 5 rings (SSSR count). The van der Waals surface area contributed by atoms with Crippen LogP contribution in [-0.2, 0) is 16.5 Å². The third-order valence-electron chi connectivity index (χ3n) is 6.17. The Balaban J connectivity index is 1.09. The molecular formula is C23H28FN7O3. The van der Waals surface area contributed by atoms with Gasteiger partial charge < -0.3 is 19.7 Å². The second-order valence-electron chi connectivity index (χ2n) is 8.89. The van der Waals surface area contributed by atoms with E-state index in [1.165, 1.54) is 16.9 Å². The number of fused-ring (bicyclic) bond motifs is 1. The first-order valence-corrected chi connectivity index (χ1v) is 11.3. The predicted octanol–water partition coefficient (Wildman–Crippen LogP) is 1.54. The Morgan fingerprint density at radius 1 is 1.18 bits per heavy atom. The average Bonchev–Trinajstić information content (AvgIpc) is 3.14. The Morgan fingerprint density at radius 2 is 2.00 bits per heavy atom. The number of carbonyl (C=O) groups is 1. The molecule has 34 heavy (non-hydrogen) atoms. The van der Waals surface area contributed by atoms with E-state index in [2.05, 4.69) is 30.2 Å². The Bertz CT molecular complexity index is 1160. The van der Waals surface area contributed by atoms with E-state index in [0.29, 0.717) is 36.3 Å². The van der Waals surface area contributed by atoms with Gasteiger partial charge in [-0.2, -0.15) is 5.10 Å². The minimum Gasteiger partial charge on any atom is -0.382 e. The van der Waals surface area contributed by atoms with Crippen molar-refractivity contribution in [1.82, 2.24) is 24.6 Å². The molecule has 4 heterocycles. The standard InChI is InChI=1S/C23H28FN7O3/c1-29-12-16-5-17(6-19(24)22(16)28-29)27-23(32)20-7-26-21(8-25-20)31-10-15(11-31)9-30-13-18(14-30)34-4-3-33-2/h5-8,12,15,18H,3-4,9-11,13-14H2,1-2H3,(H,27,32). The van der Waals surface area contributed by atoms with Crippen molar-refractivity contribution < 1.29 is 18.7 Å². The van der Waals surface area contributed by atoms with Gasteiger partial charge in [0.1, 0.15) is 17.0 Å². The highest BCUT2D eigenvalue weighted by atomic mass is 19.1. The third-order valence-corrected chi connectivity index (χ3v) is 6.17. The van der Waals surface area contributed by atoms with Crippen LogP contribution in [0, 0.1) is 11.7 Å². The molecule has 2 fully saturated rings. The van der Waals surface area contributed by atoms with Crippen LogP contribution in [0.4, 0.5) is 15.9 Å².